The SMILES string of the molecule is C.C.C.C.C.C.C.C.C.C.C.C/C=C\C.C=C(C)C(=C)C.C=C(C)CC.CC(C)(C(F)(F)F)C(F)(F)F.CC(C)(C)C.CC(C)=C(C)C.CC=C(C)C.CCC. The molecular formula is C50H120F6. The van der Waals surface area contributed by atoms with Gasteiger partial charge in [0.25, 0.3) is 0 Å². The van der Waals surface area contributed by atoms with E-state index in [0.29, 0.717) is 5.41 Å². The van der Waals surface area contributed by atoms with Gasteiger partial charge in [-0.05, 0) is 109 Å². The van der Waals surface area contributed by atoms with Gasteiger partial charge in [0.1, 0.15) is 0 Å². The van der Waals surface area contributed by atoms with E-state index in [9.17, 15) is 26.3 Å². The van der Waals surface area contributed by atoms with E-state index >= 15 is 0 Å². The molecule has 0 aliphatic carbocycles. The fourth-order valence-corrected chi connectivity index (χ4v) is 0.161. The van der Waals surface area contributed by atoms with E-state index in [1.165, 1.54) is 28.7 Å². The van der Waals surface area contributed by atoms with Crippen molar-refractivity contribution in [3.63, 3.8) is 0 Å². The van der Waals surface area contributed by atoms with E-state index in [1.54, 1.807) is 0 Å². The van der Waals surface area contributed by atoms with E-state index in [0.717, 1.165) is 17.6 Å². The Morgan fingerprint density at radius 3 is 0.571 bits per heavy atom. The molecule has 0 heterocycles. The monoisotopic (exact) mass is 835 g/mol. The predicted molar refractivity (Wildman–Crippen MR) is 271 cm³/mol. The highest BCUT2D eigenvalue weighted by molar-refractivity contribution is 5.19. The molecule has 0 aromatic rings. The number of allylic oxidation sites excluding steroid dienone is 9. The second-order valence-electron chi connectivity index (χ2n) is 13.2. The summed E-state index contributed by atoms with van der Waals surface area (Å²) in [6, 6.07) is 0. The minimum atomic E-state index is -5.24. The standard InChI is InChI=1S/C6H12.C6H10.C5H6F6.C5H12.2C5H10.C4H8.C3H8.11CH4/c2*1-5(2)6(3)4;1-3(2,4(6,7)8)5(9,10)11;1-5(2,3)4;2*1-4-5(2)3;1-3-4-2;1-3-2;;;;;;;;;;;/h1-4H3;1,3H2,2,4H3;1-2H3;1-4H3;4H,1-3H3;2,4H2,1,3H3;3-4H,1-2H3;3H2,1-2H3;11*1H4/b;;;;;;4-3-;;;;;;;;;;;;. The van der Waals surface area contributed by atoms with Gasteiger partial charge in [-0.3, -0.25) is 0 Å². The van der Waals surface area contributed by atoms with Crippen molar-refractivity contribution in [2.45, 2.75) is 252 Å². The fourth-order valence-electron chi connectivity index (χ4n) is 0.161. The van der Waals surface area contributed by atoms with Crippen LogP contribution in [0.5, 0.6) is 0 Å². The van der Waals surface area contributed by atoms with Crippen LogP contribution < -0.4 is 0 Å². The molecule has 0 saturated carbocycles. The van der Waals surface area contributed by atoms with E-state index in [4.69, 9.17) is 0 Å². The molecule has 0 aliphatic rings. The van der Waals surface area contributed by atoms with Crippen LogP contribution in [0.1, 0.15) is 240 Å². The molecule has 0 nitrogen and oxygen atoms in total. The van der Waals surface area contributed by atoms with Gasteiger partial charge >= 0.3 is 12.4 Å². The van der Waals surface area contributed by atoms with Crippen molar-refractivity contribution >= 4 is 0 Å². The maximum absolute atomic E-state index is 11.6. The molecule has 0 saturated heterocycles. The quantitative estimate of drug-likeness (QED) is 0.148. The van der Waals surface area contributed by atoms with Crippen molar-refractivity contribution in [3.8, 4) is 0 Å². The van der Waals surface area contributed by atoms with Crippen LogP contribution in [0.25, 0.3) is 0 Å². The lowest BCUT2D eigenvalue weighted by molar-refractivity contribution is -0.327. The van der Waals surface area contributed by atoms with E-state index in [2.05, 4.69) is 116 Å². The average Bonchev–Trinajstić information content (AvgIpc) is 2.83. The number of hydrogen-bond donors (Lipinski definition) is 0. The van der Waals surface area contributed by atoms with Crippen molar-refractivity contribution in [3.05, 3.63) is 71.4 Å². The van der Waals surface area contributed by atoms with Gasteiger partial charge in [0.2, 0.25) is 0 Å². The van der Waals surface area contributed by atoms with Crippen LogP contribution in [0, 0.1) is 10.8 Å². The highest BCUT2D eigenvalue weighted by Crippen LogP contribution is 2.49. The van der Waals surface area contributed by atoms with Crippen LogP contribution in [-0.4, -0.2) is 12.4 Å². The smallest absolute Gasteiger partial charge is 0.170 e. The van der Waals surface area contributed by atoms with Crippen LogP contribution in [0.2, 0.25) is 0 Å². The Morgan fingerprint density at radius 1 is 0.446 bits per heavy atom. The second kappa shape index (κ2) is 70.8. The molecule has 0 radical (unpaired) electrons. The molecule has 0 aromatic heterocycles. The predicted octanol–water partition coefficient (Wildman–Crippen LogP) is 23.6. The molecule has 0 bridgehead atoms. The van der Waals surface area contributed by atoms with Crippen molar-refractivity contribution in [1.82, 2.24) is 0 Å². The van der Waals surface area contributed by atoms with Crippen molar-refractivity contribution in [2.75, 3.05) is 0 Å². The van der Waals surface area contributed by atoms with Crippen LogP contribution in [0.3, 0.4) is 0 Å². The molecule has 0 atom stereocenters. The van der Waals surface area contributed by atoms with Gasteiger partial charge in [0.05, 0.1) is 0 Å². The summed E-state index contributed by atoms with van der Waals surface area (Å²) in [6.07, 6.45) is -2.05. The Labute approximate surface area is 360 Å². The number of halogens is 6. The molecule has 0 rings (SSSR count). The summed E-state index contributed by atoms with van der Waals surface area (Å²) in [5.74, 6) is 0. The van der Waals surface area contributed by atoms with Gasteiger partial charge < -0.3 is 0 Å². The van der Waals surface area contributed by atoms with Gasteiger partial charge in [0, 0.05) is 0 Å². The molecule has 0 fully saturated rings. The Balaban J connectivity index is -0.0000000164. The maximum Gasteiger partial charge on any atom is 0.402 e. The third-order valence-electron chi connectivity index (χ3n) is 4.66. The van der Waals surface area contributed by atoms with E-state index < -0.39 is 17.8 Å². The summed E-state index contributed by atoms with van der Waals surface area (Å²) < 4.78 is 69.7. The lowest BCUT2D eigenvalue weighted by Gasteiger charge is -2.29. The molecule has 0 spiro atoms. The Morgan fingerprint density at radius 2 is 0.571 bits per heavy atom. The number of rotatable bonds is 2. The van der Waals surface area contributed by atoms with Crippen molar-refractivity contribution in [2.24, 2.45) is 10.8 Å². The minimum Gasteiger partial charge on any atom is -0.170 e. The largest absolute Gasteiger partial charge is 0.402 e. The molecule has 0 N–H and O–H groups in total. The van der Waals surface area contributed by atoms with Crippen LogP contribution >= 0.6 is 0 Å². The molecule has 0 amide bonds. The zero-order valence-corrected chi connectivity index (χ0v) is 33.5. The Bertz CT molecular complexity index is 733. The third-order valence-corrected chi connectivity index (χ3v) is 4.66. The second-order valence-corrected chi connectivity index (χ2v) is 13.2. The van der Waals surface area contributed by atoms with Gasteiger partial charge in [-0.25, -0.2) is 0 Å². The lowest BCUT2D eigenvalue weighted by atomic mass is 9.92. The normalized spacial score (nSPS) is 8.05. The number of alkyl halides is 6. The van der Waals surface area contributed by atoms with E-state index in [1.807, 2.05) is 53.7 Å². The molecule has 0 aliphatic heterocycles. The first-order chi connectivity index (χ1) is 19.7. The zero-order valence-electron chi connectivity index (χ0n) is 33.5. The Hall–Kier alpha value is -1.98. The Kier molecular flexibility index (Phi) is 157. The highest BCUT2D eigenvalue weighted by Gasteiger charge is 2.64. The van der Waals surface area contributed by atoms with Gasteiger partial charge in [-0.1, -0.05) is 201 Å². The fraction of sp³-hybridized carbons (Fsp3) is 0.760. The zero-order chi connectivity index (χ0) is 39.0. The van der Waals surface area contributed by atoms with Gasteiger partial charge in [-0.15, -0.1) is 6.58 Å². The summed E-state index contributed by atoms with van der Waals surface area (Å²) in [5, 5.41) is 0. The summed E-state index contributed by atoms with van der Waals surface area (Å²) in [7, 11) is 0. The minimum absolute atomic E-state index is 0. The van der Waals surface area contributed by atoms with Crippen molar-refractivity contribution < 1.29 is 26.3 Å². The van der Waals surface area contributed by atoms with Gasteiger partial charge in [-0.2, -0.15) is 26.3 Å². The summed E-state index contributed by atoms with van der Waals surface area (Å²) in [4.78, 5) is 0. The average molecular weight is 835 g/mol. The summed E-state index contributed by atoms with van der Waals surface area (Å²) in [6.45, 7) is 50.9. The van der Waals surface area contributed by atoms with Crippen LogP contribution in [-0.2, 0) is 0 Å². The molecule has 0 aromatic carbocycles. The molecule has 56 heavy (non-hydrogen) atoms. The molecule has 0 unspecified atom stereocenters. The maximum atomic E-state index is 11.6. The first-order valence-corrected chi connectivity index (χ1v) is 15.5. The van der Waals surface area contributed by atoms with Crippen LogP contribution in [0.4, 0.5) is 26.3 Å². The van der Waals surface area contributed by atoms with Gasteiger partial charge in [0.15, 0.2) is 5.41 Å². The summed E-state index contributed by atoms with van der Waals surface area (Å²) in [5.41, 5.74) is 4.49. The topological polar surface area (TPSA) is 0 Å². The first-order valence-electron chi connectivity index (χ1n) is 15.5. The lowest BCUT2D eigenvalue weighted by Crippen LogP contribution is -2.44. The molecule has 6 heteroatoms. The molecule has 362 valence electrons. The highest BCUT2D eigenvalue weighted by atomic mass is 19.4. The third kappa shape index (κ3) is 161. The number of hydrogen-bond acceptors (Lipinski definition) is 0. The molecular weight excluding hydrogens is 715 g/mol. The first kappa shape index (κ1) is 124. The van der Waals surface area contributed by atoms with Crippen LogP contribution in [0.15, 0.2) is 71.4 Å². The van der Waals surface area contributed by atoms with E-state index in [-0.39, 0.29) is 95.5 Å². The van der Waals surface area contributed by atoms with Crippen molar-refractivity contribution in [1.29, 1.82) is 0 Å². The summed E-state index contributed by atoms with van der Waals surface area (Å²) >= 11 is 0.